The van der Waals surface area contributed by atoms with E-state index in [0.29, 0.717) is 38.8 Å². The van der Waals surface area contributed by atoms with Crippen molar-refractivity contribution in [2.24, 2.45) is 47.3 Å². The van der Waals surface area contributed by atoms with E-state index in [2.05, 4.69) is 58.9 Å². The highest BCUT2D eigenvalue weighted by Gasteiger charge is 2.47. The highest BCUT2D eigenvalue weighted by atomic mass is 32.1. The van der Waals surface area contributed by atoms with E-state index in [9.17, 15) is 38.4 Å². The molecule has 6 rings (SSSR count). The molecule has 0 bridgehead atoms. The Morgan fingerprint density at radius 3 is 1.07 bits per heavy atom. The van der Waals surface area contributed by atoms with E-state index in [1.807, 2.05) is 188 Å². The van der Waals surface area contributed by atoms with E-state index < -0.39 is 60.4 Å². The van der Waals surface area contributed by atoms with Crippen molar-refractivity contribution in [3.8, 4) is 0 Å². The first-order valence-corrected chi connectivity index (χ1v) is 41.5. The molecule has 24 nitrogen and oxygen atoms in total. The van der Waals surface area contributed by atoms with Crippen LogP contribution < -0.4 is 21.3 Å². The molecule has 616 valence electrons. The van der Waals surface area contributed by atoms with Gasteiger partial charge in [-0.15, -0.1) is 22.7 Å². The van der Waals surface area contributed by atoms with Crippen LogP contribution >= 0.6 is 22.7 Å². The number of thiazole rings is 2. The van der Waals surface area contributed by atoms with Crippen LogP contribution in [0.4, 0.5) is 0 Å². The molecule has 0 radical (unpaired) electrons. The highest BCUT2D eigenvalue weighted by molar-refractivity contribution is 7.09. The minimum atomic E-state index is -0.751. The number of likely N-dealkylation sites (tertiary alicyclic amines) is 2. The Labute approximate surface area is 666 Å². The van der Waals surface area contributed by atoms with Crippen molar-refractivity contribution >= 4 is 69.9 Å². The Morgan fingerprint density at radius 2 is 0.809 bits per heavy atom. The first kappa shape index (κ1) is 93.8. The average molecular weight is 1570 g/mol. The van der Waals surface area contributed by atoms with Crippen molar-refractivity contribution in [1.82, 2.24) is 60.6 Å². The van der Waals surface area contributed by atoms with Gasteiger partial charge in [-0.3, -0.25) is 48.2 Å². The number of benzene rings is 2. The SMILES string of the molecule is CC[C@H](C)[C@@H]([C@@H](CC(=O)N1CCC[C@H]1[C@H](OC)[C@@H](C)C(=O)N[C@@H](Cc1ccccc1)c1nccs1)OC)N(C)C(=O)[C@@H](NC(=O)[C@H](C(C)C)N(C)C)C(C)C.CC[C@H](C)[C@@H]([C@@H](CC(=O)N1CCC[C@H]1[C@H](OC)[C@@H](C)C(=O)N[C@@H](Cc1ccccc1)c1nccs1)OC)N(C)C(=O)[C@@H](NC(=O)[C@H](C(C)C)N(C)C)C(C)C. The van der Waals surface area contributed by atoms with E-state index in [1.165, 1.54) is 22.7 Å². The predicted octanol–water partition coefficient (Wildman–Crippen LogP) is 10.4. The van der Waals surface area contributed by atoms with Gasteiger partial charge in [0.05, 0.1) is 97.4 Å². The standard InChI is InChI=1S/2C42H68N6O6S/c2*1-13-28(6)37(47(10)42(52)35(26(2)3)45-40(51)36(27(4)5)46(8)9)33(53-11)25-34(49)48-22-17-20-32(48)38(54-12)29(7)39(50)44-31(41-43-21-23-55-41)24-30-18-15-14-16-19-30/h2*14-16,18-19,21,23,26-29,31-33,35-38H,13,17,20,22,24-25H2,1-12H3,(H,44,50)(H,45,51)/t2*28-,29+,31-,32-,33+,35-,36-,37-,38+/m00/s1. The molecule has 2 fully saturated rings. The maximum Gasteiger partial charge on any atom is 0.245 e. The average Bonchev–Trinajstić information content (AvgIpc) is 1.32. The molecule has 110 heavy (non-hydrogen) atoms. The predicted molar refractivity (Wildman–Crippen MR) is 437 cm³/mol. The van der Waals surface area contributed by atoms with E-state index in [0.717, 1.165) is 46.8 Å². The fourth-order valence-electron chi connectivity index (χ4n) is 16.3. The zero-order chi connectivity index (χ0) is 82.0. The van der Waals surface area contributed by atoms with Gasteiger partial charge in [0, 0.05) is 78.8 Å². The zero-order valence-corrected chi connectivity index (χ0v) is 72.2. The third-order valence-corrected chi connectivity index (χ3v) is 24.4. The first-order valence-electron chi connectivity index (χ1n) is 39.8. The molecule has 4 heterocycles. The number of ether oxygens (including phenoxy) is 4. The summed E-state index contributed by atoms with van der Waals surface area (Å²) in [6, 6.07) is 15.7. The molecule has 2 aromatic carbocycles. The Balaban J connectivity index is 0.000000394. The van der Waals surface area contributed by atoms with Gasteiger partial charge in [0.25, 0.3) is 0 Å². The Kier molecular flexibility index (Phi) is 39.1. The fourth-order valence-corrected chi connectivity index (χ4v) is 17.7. The number of likely N-dealkylation sites (N-methyl/N-ethyl adjacent to an activating group) is 4. The van der Waals surface area contributed by atoms with Gasteiger partial charge < -0.3 is 59.8 Å². The lowest BCUT2D eigenvalue weighted by molar-refractivity contribution is -0.148. The van der Waals surface area contributed by atoms with Crippen molar-refractivity contribution in [2.45, 2.75) is 246 Å². The molecule has 0 spiro atoms. The van der Waals surface area contributed by atoms with Crippen molar-refractivity contribution in [2.75, 3.05) is 83.8 Å². The third kappa shape index (κ3) is 25.6. The minimum Gasteiger partial charge on any atom is -0.379 e. The largest absolute Gasteiger partial charge is 0.379 e. The molecular formula is C84H136N12O12S2. The van der Waals surface area contributed by atoms with Gasteiger partial charge in [0.15, 0.2) is 0 Å². The number of carbonyl (C=O) groups is 8. The number of amides is 8. The molecule has 18 atom stereocenters. The van der Waals surface area contributed by atoms with Gasteiger partial charge in [0.2, 0.25) is 47.3 Å². The second kappa shape index (κ2) is 45.8. The van der Waals surface area contributed by atoms with Crippen LogP contribution in [0.15, 0.2) is 83.8 Å². The summed E-state index contributed by atoms with van der Waals surface area (Å²) in [5.41, 5.74) is 2.19. The van der Waals surface area contributed by atoms with Crippen LogP contribution in [0.3, 0.4) is 0 Å². The van der Waals surface area contributed by atoms with Crippen LogP contribution in [-0.2, 0) is 70.1 Å². The van der Waals surface area contributed by atoms with Gasteiger partial charge in [-0.05, 0) is 113 Å². The molecule has 2 saturated heterocycles. The number of hydrogen-bond acceptors (Lipinski definition) is 18. The van der Waals surface area contributed by atoms with Gasteiger partial charge in [-0.25, -0.2) is 9.97 Å². The lowest BCUT2D eigenvalue weighted by Gasteiger charge is -2.41. The topological polar surface area (TPSA) is 267 Å². The van der Waals surface area contributed by atoms with E-state index in [-0.39, 0.29) is 132 Å². The summed E-state index contributed by atoms with van der Waals surface area (Å²) >= 11 is 3.01. The van der Waals surface area contributed by atoms with Crippen LogP contribution in [0.25, 0.3) is 0 Å². The molecular weight excluding hydrogens is 1430 g/mol. The maximum absolute atomic E-state index is 14.3. The van der Waals surface area contributed by atoms with E-state index >= 15 is 0 Å². The zero-order valence-electron chi connectivity index (χ0n) is 70.6. The van der Waals surface area contributed by atoms with Gasteiger partial charge in [0.1, 0.15) is 22.1 Å². The lowest BCUT2D eigenvalue weighted by Crippen LogP contribution is -2.59. The summed E-state index contributed by atoms with van der Waals surface area (Å²) < 4.78 is 24.2. The van der Waals surface area contributed by atoms with Crippen LogP contribution in [0.2, 0.25) is 0 Å². The van der Waals surface area contributed by atoms with Gasteiger partial charge in [-0.1, -0.05) is 170 Å². The molecule has 4 aromatic rings. The highest BCUT2D eigenvalue weighted by Crippen LogP contribution is 2.34. The fraction of sp³-hybridized carbons (Fsp3) is 0.690. The summed E-state index contributed by atoms with van der Waals surface area (Å²) in [6.07, 6.45) is 6.98. The summed E-state index contributed by atoms with van der Waals surface area (Å²) in [7, 11) is 17.3. The summed E-state index contributed by atoms with van der Waals surface area (Å²) in [5.74, 6) is -2.70. The molecule has 2 aromatic heterocycles. The van der Waals surface area contributed by atoms with Crippen LogP contribution in [0.1, 0.15) is 182 Å². The molecule has 4 N–H and O–H groups in total. The number of nitrogens with one attached hydrogen (secondary N) is 4. The second-order valence-corrected chi connectivity index (χ2v) is 34.0. The molecule has 0 aliphatic carbocycles. The summed E-state index contributed by atoms with van der Waals surface area (Å²) in [6.45, 7) is 28.7. The van der Waals surface area contributed by atoms with Crippen LogP contribution in [0, 0.1) is 47.3 Å². The number of aromatic nitrogens is 2. The first-order chi connectivity index (χ1) is 52.1. The number of methoxy groups -OCH3 is 4. The van der Waals surface area contributed by atoms with E-state index in [4.69, 9.17) is 18.9 Å². The van der Waals surface area contributed by atoms with Crippen LogP contribution in [0.5, 0.6) is 0 Å². The molecule has 2 aliphatic rings. The summed E-state index contributed by atoms with van der Waals surface area (Å²) in [5, 5.41) is 18.0. The molecule has 2 aliphatic heterocycles. The Hall–Kier alpha value is -6.78. The molecule has 0 unspecified atom stereocenters. The summed E-state index contributed by atoms with van der Waals surface area (Å²) in [4.78, 5) is 132. The number of carbonyl (C=O) groups excluding carboxylic acids is 8. The Morgan fingerprint density at radius 1 is 0.473 bits per heavy atom. The van der Waals surface area contributed by atoms with Gasteiger partial charge in [-0.2, -0.15) is 0 Å². The van der Waals surface area contributed by atoms with Crippen molar-refractivity contribution < 1.29 is 57.3 Å². The molecule has 26 heteroatoms. The normalized spacial score (nSPS) is 19.0. The van der Waals surface area contributed by atoms with Crippen molar-refractivity contribution in [3.63, 3.8) is 0 Å². The monoisotopic (exact) mass is 1570 g/mol. The number of rotatable bonds is 42. The second-order valence-electron chi connectivity index (χ2n) is 32.2. The van der Waals surface area contributed by atoms with Crippen molar-refractivity contribution in [3.05, 3.63) is 105 Å². The molecule has 0 saturated carbocycles. The van der Waals surface area contributed by atoms with E-state index in [1.54, 1.807) is 64.7 Å². The smallest absolute Gasteiger partial charge is 0.245 e. The van der Waals surface area contributed by atoms with Crippen molar-refractivity contribution in [1.29, 1.82) is 0 Å². The number of hydrogen-bond donors (Lipinski definition) is 4. The number of nitrogens with zero attached hydrogens (tertiary/aromatic N) is 8. The lowest BCUT2D eigenvalue weighted by atomic mass is 9.89. The van der Waals surface area contributed by atoms with Gasteiger partial charge >= 0.3 is 0 Å². The molecule has 8 amide bonds. The third-order valence-electron chi connectivity index (χ3n) is 22.6. The quantitative estimate of drug-likeness (QED) is 0.0321. The maximum atomic E-state index is 14.3. The minimum absolute atomic E-state index is 0.00751. The Bertz CT molecular complexity index is 3190. The van der Waals surface area contributed by atoms with Crippen LogP contribution in [-0.4, -0.2) is 243 Å².